The van der Waals surface area contributed by atoms with Gasteiger partial charge in [0.05, 0.1) is 24.5 Å². The lowest BCUT2D eigenvalue weighted by molar-refractivity contribution is 0.180. The van der Waals surface area contributed by atoms with Gasteiger partial charge in [0.1, 0.15) is 10.7 Å². The van der Waals surface area contributed by atoms with E-state index in [4.69, 9.17) is 10.5 Å². The van der Waals surface area contributed by atoms with Crippen molar-refractivity contribution in [2.75, 3.05) is 13.7 Å². The number of nitrogens with two attached hydrogens (primary N) is 1. The number of nitrogens with one attached hydrogen (secondary N) is 1. The van der Waals surface area contributed by atoms with E-state index < -0.39 is 0 Å². The predicted octanol–water partition coefficient (Wildman–Crippen LogP) is 0.574. The molecule has 0 aliphatic carbocycles. The molecule has 0 saturated carbocycles. The highest BCUT2D eigenvalue weighted by atomic mass is 32.1. The molecule has 15 heavy (non-hydrogen) atoms. The highest BCUT2D eigenvalue weighted by Gasteiger charge is 2.12. The van der Waals surface area contributed by atoms with Crippen molar-refractivity contribution in [2.45, 2.75) is 6.04 Å². The minimum atomic E-state index is -0.188. The molecule has 2 heterocycles. The second-order valence-corrected chi connectivity index (χ2v) is 3.85. The van der Waals surface area contributed by atoms with E-state index in [1.54, 1.807) is 13.3 Å². The molecular formula is C8H11N5OS. The number of H-pyrrole nitrogens is 1. The molecule has 0 aliphatic heterocycles. The van der Waals surface area contributed by atoms with E-state index in [1.807, 2.05) is 5.38 Å². The lowest BCUT2D eigenvalue weighted by Gasteiger charge is -2.05. The van der Waals surface area contributed by atoms with Crippen LogP contribution in [0.25, 0.3) is 10.7 Å². The maximum atomic E-state index is 5.85. The van der Waals surface area contributed by atoms with Crippen molar-refractivity contribution >= 4 is 11.3 Å². The van der Waals surface area contributed by atoms with Gasteiger partial charge in [0, 0.05) is 12.5 Å². The van der Waals surface area contributed by atoms with Crippen LogP contribution in [0.5, 0.6) is 0 Å². The molecule has 7 heteroatoms. The van der Waals surface area contributed by atoms with Crippen molar-refractivity contribution in [1.29, 1.82) is 0 Å². The van der Waals surface area contributed by atoms with Gasteiger partial charge in [-0.1, -0.05) is 0 Å². The number of thiazole rings is 1. The zero-order valence-corrected chi connectivity index (χ0v) is 8.99. The monoisotopic (exact) mass is 225 g/mol. The minimum absolute atomic E-state index is 0.188. The highest BCUT2D eigenvalue weighted by molar-refractivity contribution is 7.13. The fourth-order valence-corrected chi connectivity index (χ4v) is 1.98. The fourth-order valence-electron chi connectivity index (χ4n) is 1.14. The maximum absolute atomic E-state index is 5.85. The van der Waals surface area contributed by atoms with Gasteiger partial charge >= 0.3 is 0 Å². The summed E-state index contributed by atoms with van der Waals surface area (Å²) >= 11 is 1.49. The Kier molecular flexibility index (Phi) is 3.05. The van der Waals surface area contributed by atoms with Crippen LogP contribution in [-0.4, -0.2) is 34.1 Å². The van der Waals surface area contributed by atoms with E-state index in [0.717, 1.165) is 16.4 Å². The topological polar surface area (TPSA) is 89.7 Å². The number of aromatic nitrogens is 4. The number of methoxy groups -OCH3 is 1. The smallest absolute Gasteiger partial charge is 0.145 e. The number of ether oxygens (including phenoxy) is 1. The van der Waals surface area contributed by atoms with Crippen molar-refractivity contribution in [3.63, 3.8) is 0 Å². The van der Waals surface area contributed by atoms with Gasteiger partial charge in [-0.3, -0.25) is 0 Å². The van der Waals surface area contributed by atoms with Crippen LogP contribution >= 0.6 is 11.3 Å². The van der Waals surface area contributed by atoms with Crippen LogP contribution in [-0.2, 0) is 4.74 Å². The molecule has 0 spiro atoms. The van der Waals surface area contributed by atoms with E-state index in [-0.39, 0.29) is 6.04 Å². The summed E-state index contributed by atoms with van der Waals surface area (Å²) in [7, 11) is 1.62. The van der Waals surface area contributed by atoms with Crippen molar-refractivity contribution in [3.05, 3.63) is 17.3 Å². The number of nitrogens with zero attached hydrogens (tertiary/aromatic N) is 3. The average molecular weight is 225 g/mol. The SMILES string of the molecule is COCC(N)c1csc(-c2cn[nH]n2)n1. The van der Waals surface area contributed by atoms with Gasteiger partial charge in [0.2, 0.25) is 0 Å². The molecule has 1 unspecified atom stereocenters. The van der Waals surface area contributed by atoms with Crippen LogP contribution in [0.2, 0.25) is 0 Å². The third kappa shape index (κ3) is 2.20. The van der Waals surface area contributed by atoms with Crippen LogP contribution in [0.3, 0.4) is 0 Å². The summed E-state index contributed by atoms with van der Waals surface area (Å²) in [5.41, 5.74) is 7.40. The second-order valence-electron chi connectivity index (χ2n) is 2.99. The maximum Gasteiger partial charge on any atom is 0.145 e. The summed E-state index contributed by atoms with van der Waals surface area (Å²) in [6, 6.07) is -0.188. The molecule has 2 aromatic heterocycles. The van der Waals surface area contributed by atoms with E-state index >= 15 is 0 Å². The van der Waals surface area contributed by atoms with Crippen LogP contribution < -0.4 is 5.73 Å². The summed E-state index contributed by atoms with van der Waals surface area (Å²) < 4.78 is 4.96. The number of hydrogen-bond donors (Lipinski definition) is 2. The van der Waals surface area contributed by atoms with Gasteiger partial charge in [-0.2, -0.15) is 15.4 Å². The van der Waals surface area contributed by atoms with Crippen LogP contribution in [0.15, 0.2) is 11.6 Å². The van der Waals surface area contributed by atoms with Crippen LogP contribution in [0, 0.1) is 0 Å². The van der Waals surface area contributed by atoms with Crippen molar-refractivity contribution in [3.8, 4) is 10.7 Å². The highest BCUT2D eigenvalue weighted by Crippen LogP contribution is 2.23. The van der Waals surface area contributed by atoms with Crippen LogP contribution in [0.1, 0.15) is 11.7 Å². The molecule has 2 rings (SSSR count). The molecule has 3 N–H and O–H groups in total. The first-order valence-electron chi connectivity index (χ1n) is 4.37. The Bertz CT molecular complexity index is 412. The summed E-state index contributed by atoms with van der Waals surface area (Å²) in [5.74, 6) is 0. The molecule has 0 fully saturated rings. The molecule has 2 aromatic rings. The molecule has 0 radical (unpaired) electrons. The Morgan fingerprint density at radius 1 is 1.67 bits per heavy atom. The molecule has 80 valence electrons. The molecular weight excluding hydrogens is 214 g/mol. The van der Waals surface area contributed by atoms with Gasteiger partial charge < -0.3 is 10.5 Å². The Hall–Kier alpha value is -1.31. The zero-order valence-electron chi connectivity index (χ0n) is 8.17. The van der Waals surface area contributed by atoms with Crippen molar-refractivity contribution in [2.24, 2.45) is 5.73 Å². The number of hydrogen-bond acceptors (Lipinski definition) is 6. The largest absolute Gasteiger partial charge is 0.383 e. The summed E-state index contributed by atoms with van der Waals surface area (Å²) in [5, 5.41) is 12.9. The Morgan fingerprint density at radius 3 is 3.20 bits per heavy atom. The summed E-state index contributed by atoms with van der Waals surface area (Å²) in [6.07, 6.45) is 1.63. The van der Waals surface area contributed by atoms with Gasteiger partial charge in [-0.25, -0.2) is 4.98 Å². The molecule has 0 aromatic carbocycles. The minimum Gasteiger partial charge on any atom is -0.383 e. The molecule has 0 bridgehead atoms. The summed E-state index contributed by atoms with van der Waals surface area (Å²) in [6.45, 7) is 0.460. The third-order valence-corrected chi connectivity index (χ3v) is 2.77. The van der Waals surface area contributed by atoms with Crippen LogP contribution in [0.4, 0.5) is 0 Å². The molecule has 0 saturated heterocycles. The van der Waals surface area contributed by atoms with Gasteiger partial charge in [-0.15, -0.1) is 11.3 Å². The fraction of sp³-hybridized carbons (Fsp3) is 0.375. The van der Waals surface area contributed by atoms with Gasteiger partial charge in [-0.05, 0) is 0 Å². The Morgan fingerprint density at radius 2 is 2.53 bits per heavy atom. The van der Waals surface area contributed by atoms with E-state index in [9.17, 15) is 0 Å². The van der Waals surface area contributed by atoms with Crippen molar-refractivity contribution in [1.82, 2.24) is 20.4 Å². The van der Waals surface area contributed by atoms with E-state index in [1.165, 1.54) is 11.3 Å². The predicted molar refractivity (Wildman–Crippen MR) is 56.3 cm³/mol. The Labute approximate surface area is 90.5 Å². The normalized spacial score (nSPS) is 12.9. The average Bonchev–Trinajstić information content (AvgIpc) is 2.89. The first-order chi connectivity index (χ1) is 7.31. The molecule has 0 amide bonds. The second kappa shape index (κ2) is 4.47. The first-order valence-corrected chi connectivity index (χ1v) is 5.25. The lowest BCUT2D eigenvalue weighted by atomic mass is 10.2. The Balaban J connectivity index is 2.17. The number of aromatic amines is 1. The molecule has 0 aliphatic rings. The van der Waals surface area contributed by atoms with E-state index in [2.05, 4.69) is 20.4 Å². The molecule has 6 nitrogen and oxygen atoms in total. The first kappa shape index (κ1) is 10.2. The van der Waals surface area contributed by atoms with Crippen molar-refractivity contribution < 1.29 is 4.74 Å². The third-order valence-electron chi connectivity index (χ3n) is 1.88. The zero-order chi connectivity index (χ0) is 10.7. The lowest BCUT2D eigenvalue weighted by Crippen LogP contribution is -2.16. The van der Waals surface area contributed by atoms with Gasteiger partial charge in [0.25, 0.3) is 0 Å². The molecule has 1 atom stereocenters. The number of rotatable bonds is 4. The standard InChI is InChI=1S/C8H11N5OS/c1-14-3-5(9)7-4-15-8(11-7)6-2-10-13-12-6/h2,4-5H,3,9H2,1H3,(H,10,12,13). The summed E-state index contributed by atoms with van der Waals surface area (Å²) in [4.78, 5) is 4.36. The quantitative estimate of drug-likeness (QED) is 0.794. The van der Waals surface area contributed by atoms with E-state index in [0.29, 0.717) is 6.61 Å². The van der Waals surface area contributed by atoms with Gasteiger partial charge in [0.15, 0.2) is 0 Å².